The van der Waals surface area contributed by atoms with Crippen LogP contribution in [0.1, 0.15) is 72.6 Å². The fourth-order valence-corrected chi connectivity index (χ4v) is 7.85. The summed E-state index contributed by atoms with van der Waals surface area (Å²) in [6.07, 6.45) is 6.00. The Hall–Kier alpha value is -6.20. The molecule has 2 N–H and O–H groups in total. The minimum atomic E-state index is -0.626. The average molecular weight is 754 g/mol. The highest BCUT2D eigenvalue weighted by molar-refractivity contribution is 6.10. The lowest BCUT2D eigenvalue weighted by molar-refractivity contribution is -0.000511. The van der Waals surface area contributed by atoms with Gasteiger partial charge in [-0.15, -0.1) is 0 Å². The Morgan fingerprint density at radius 3 is 2.30 bits per heavy atom. The second-order valence-electron chi connectivity index (χ2n) is 14.9. The van der Waals surface area contributed by atoms with Crippen molar-refractivity contribution in [1.82, 2.24) is 4.98 Å². The van der Waals surface area contributed by atoms with Crippen molar-refractivity contribution in [2.45, 2.75) is 33.1 Å². The number of carbonyl (C=O) groups excluding carboxylic acids is 3. The Bertz CT molecular complexity index is 2360. The first-order valence-electron chi connectivity index (χ1n) is 18.8. The quantitative estimate of drug-likeness (QED) is 0.173. The van der Waals surface area contributed by atoms with Crippen molar-refractivity contribution in [3.8, 4) is 0 Å². The molecule has 0 bridgehead atoms. The van der Waals surface area contributed by atoms with Crippen molar-refractivity contribution in [3.05, 3.63) is 148 Å². The number of pyridine rings is 1. The van der Waals surface area contributed by atoms with Gasteiger partial charge in [0.25, 0.3) is 17.7 Å². The summed E-state index contributed by atoms with van der Waals surface area (Å²) in [7, 11) is 0. The fourth-order valence-electron chi connectivity index (χ4n) is 7.85. The van der Waals surface area contributed by atoms with Crippen LogP contribution in [0.5, 0.6) is 0 Å². The lowest BCUT2D eigenvalue weighted by Gasteiger charge is -2.53. The zero-order chi connectivity index (χ0) is 39.0. The van der Waals surface area contributed by atoms with Gasteiger partial charge in [0.05, 0.1) is 16.9 Å². The molecule has 11 heteroatoms. The van der Waals surface area contributed by atoms with Crippen LogP contribution >= 0.6 is 0 Å². The fraction of sp³-hybridized carbons (Fsp3) is 0.244. The van der Waals surface area contributed by atoms with Gasteiger partial charge in [0, 0.05) is 66.8 Å². The zero-order valence-electron chi connectivity index (χ0n) is 31.2. The van der Waals surface area contributed by atoms with Gasteiger partial charge >= 0.3 is 0 Å². The lowest BCUT2D eigenvalue weighted by Crippen LogP contribution is -2.59. The number of hydrogen-bond donors (Lipinski definition) is 2. The summed E-state index contributed by atoms with van der Waals surface area (Å²) in [5, 5.41) is 5.54. The van der Waals surface area contributed by atoms with Crippen LogP contribution in [0.15, 0.2) is 97.2 Å². The molecule has 9 nitrogen and oxygen atoms in total. The Balaban J connectivity index is 0.956. The van der Waals surface area contributed by atoms with E-state index in [0.29, 0.717) is 51.4 Å². The van der Waals surface area contributed by atoms with Crippen LogP contribution in [0, 0.1) is 30.9 Å². The second kappa shape index (κ2) is 15.1. The molecule has 0 atom stereocenters. The molecule has 0 unspecified atom stereocenters. The first-order valence-corrected chi connectivity index (χ1v) is 18.8. The molecule has 1 aromatic heterocycles. The third-order valence-corrected chi connectivity index (χ3v) is 11.0. The minimum Gasteiger partial charge on any atom is -0.381 e. The van der Waals surface area contributed by atoms with Gasteiger partial charge in [0.15, 0.2) is 0 Å². The Morgan fingerprint density at radius 2 is 1.55 bits per heavy atom. The summed E-state index contributed by atoms with van der Waals surface area (Å²) in [5.74, 6) is -1.66. The van der Waals surface area contributed by atoms with Crippen LogP contribution in [0.25, 0.3) is 11.6 Å². The van der Waals surface area contributed by atoms with Crippen LogP contribution in [0.4, 0.5) is 31.7 Å². The van der Waals surface area contributed by atoms with E-state index in [1.54, 1.807) is 60.5 Å². The molecule has 0 saturated carbocycles. The summed E-state index contributed by atoms with van der Waals surface area (Å²) in [4.78, 5) is 49.1. The summed E-state index contributed by atoms with van der Waals surface area (Å²) < 4.78 is 35.6. The van der Waals surface area contributed by atoms with Gasteiger partial charge in [-0.3, -0.25) is 14.4 Å². The van der Waals surface area contributed by atoms with Crippen LogP contribution < -0.4 is 20.4 Å². The van der Waals surface area contributed by atoms with E-state index in [1.165, 1.54) is 12.1 Å². The molecule has 3 aliphatic heterocycles. The highest BCUT2D eigenvalue weighted by Gasteiger charge is 2.45. The normalized spacial score (nSPS) is 16.0. The number of anilines is 4. The number of halogens is 2. The number of benzene rings is 4. The van der Waals surface area contributed by atoms with E-state index in [-0.39, 0.29) is 35.0 Å². The van der Waals surface area contributed by atoms with Gasteiger partial charge < -0.3 is 25.2 Å². The molecule has 3 amide bonds. The van der Waals surface area contributed by atoms with E-state index in [0.717, 1.165) is 56.3 Å². The monoisotopic (exact) mass is 753 g/mol. The van der Waals surface area contributed by atoms with E-state index in [4.69, 9.17) is 4.74 Å². The van der Waals surface area contributed by atoms with Gasteiger partial charge in [-0.1, -0.05) is 36.4 Å². The number of nitrogens with one attached hydrogen (secondary N) is 2. The van der Waals surface area contributed by atoms with E-state index < -0.39 is 17.5 Å². The van der Waals surface area contributed by atoms with E-state index in [2.05, 4.69) is 20.5 Å². The number of fused-ring (bicyclic) bond motifs is 1. The average Bonchev–Trinajstić information content (AvgIpc) is 3.38. The van der Waals surface area contributed by atoms with Crippen LogP contribution in [0.2, 0.25) is 0 Å². The summed E-state index contributed by atoms with van der Waals surface area (Å²) in [6.45, 7) is 7.08. The van der Waals surface area contributed by atoms with Gasteiger partial charge in [-0.2, -0.15) is 0 Å². The number of rotatable bonds is 7. The van der Waals surface area contributed by atoms with Crippen molar-refractivity contribution >= 4 is 52.3 Å². The molecule has 284 valence electrons. The molecule has 0 radical (unpaired) electrons. The van der Waals surface area contributed by atoms with Gasteiger partial charge in [-0.05, 0) is 116 Å². The third kappa shape index (κ3) is 7.29. The molecule has 4 aromatic carbocycles. The van der Waals surface area contributed by atoms with Crippen molar-refractivity contribution < 1.29 is 27.9 Å². The Kier molecular flexibility index (Phi) is 9.94. The second-order valence-corrected chi connectivity index (χ2v) is 14.9. The summed E-state index contributed by atoms with van der Waals surface area (Å²) >= 11 is 0. The smallest absolute Gasteiger partial charge is 0.259 e. The van der Waals surface area contributed by atoms with Crippen molar-refractivity contribution in [2.75, 3.05) is 53.3 Å². The number of ether oxygens (including phenoxy) is 1. The first-order chi connectivity index (χ1) is 27.1. The van der Waals surface area contributed by atoms with Crippen LogP contribution in [0.3, 0.4) is 0 Å². The Labute approximate surface area is 324 Å². The molecular formula is C45H41F2N5O4. The number of nitrogens with zero attached hydrogens (tertiary/aromatic N) is 3. The molecule has 4 heterocycles. The molecule has 1 spiro atoms. The highest BCUT2D eigenvalue weighted by atomic mass is 19.1. The SMILES string of the molecule is Cc1cnc(N2CC3(CCOCC3)C2)c(C(=O)Nc2ccc(C(=O)N3CCC(c4ccc(C(=O)Nc5c(C)cccc5F)cc4F)=Cc4ccccc43)cc2)c1. The number of aryl methyl sites for hydroxylation is 2. The Morgan fingerprint density at radius 1 is 0.804 bits per heavy atom. The van der Waals surface area contributed by atoms with Crippen molar-refractivity contribution in [2.24, 2.45) is 5.41 Å². The van der Waals surface area contributed by atoms with E-state index in [9.17, 15) is 18.8 Å². The minimum absolute atomic E-state index is 0.0500. The van der Waals surface area contributed by atoms with E-state index >= 15 is 4.39 Å². The van der Waals surface area contributed by atoms with Gasteiger partial charge in [-0.25, -0.2) is 13.8 Å². The maximum atomic E-state index is 15.7. The number of carbonyl (C=O) groups is 3. The third-order valence-electron chi connectivity index (χ3n) is 11.0. The lowest BCUT2D eigenvalue weighted by atomic mass is 9.73. The summed E-state index contributed by atoms with van der Waals surface area (Å²) in [6, 6.07) is 24.7. The maximum Gasteiger partial charge on any atom is 0.259 e. The van der Waals surface area contributed by atoms with Crippen LogP contribution in [-0.2, 0) is 4.74 Å². The predicted molar refractivity (Wildman–Crippen MR) is 214 cm³/mol. The number of hydrogen-bond acceptors (Lipinski definition) is 6. The van der Waals surface area contributed by atoms with Crippen molar-refractivity contribution in [1.29, 1.82) is 0 Å². The van der Waals surface area contributed by atoms with Gasteiger partial charge in [0.2, 0.25) is 0 Å². The molecule has 0 aliphatic carbocycles. The molecule has 56 heavy (non-hydrogen) atoms. The molecule has 5 aromatic rings. The maximum absolute atomic E-state index is 15.7. The standard InChI is InChI=1S/C45H41F2N5O4/c1-28-22-36(41(48-25-28)51-26-45(27-51)17-20-56-21-18-45)43(54)49-34-13-10-30(11-14-34)44(55)52-19-16-31(23-32-7-3-4-9-39(32)52)35-15-12-33(24-38(35)47)42(53)50-40-29(2)6-5-8-37(40)46/h3-15,22-25H,16-21,26-27H2,1-2H3,(H,49,54)(H,50,53). The number of aromatic nitrogens is 1. The van der Waals surface area contributed by atoms with Gasteiger partial charge in [0.1, 0.15) is 17.5 Å². The molecule has 2 fully saturated rings. The topological polar surface area (TPSA) is 104 Å². The molecule has 3 aliphatic rings. The van der Waals surface area contributed by atoms with E-state index in [1.807, 2.05) is 43.3 Å². The highest BCUT2D eigenvalue weighted by Crippen LogP contribution is 2.42. The number of para-hydroxylation sites is 2. The van der Waals surface area contributed by atoms with Crippen LogP contribution in [-0.4, -0.2) is 55.6 Å². The molecule has 2 saturated heterocycles. The van der Waals surface area contributed by atoms with Crippen molar-refractivity contribution in [3.63, 3.8) is 0 Å². The number of amides is 3. The zero-order valence-corrected chi connectivity index (χ0v) is 31.2. The summed E-state index contributed by atoms with van der Waals surface area (Å²) in [5.41, 5.74) is 5.60. The molecular weight excluding hydrogens is 713 g/mol. The predicted octanol–water partition coefficient (Wildman–Crippen LogP) is 8.69. The first kappa shape index (κ1) is 36.8. The molecule has 8 rings (SSSR count). The largest absolute Gasteiger partial charge is 0.381 e.